The SMILES string of the molecule is COc1ccc(C2CCC(CN(C(=O)C3CCCCC3)c3cccc(-c4cnn(C(F)F)c4)c3)CC2)cc1C. The van der Waals surface area contributed by atoms with Crippen molar-refractivity contribution in [3.8, 4) is 16.9 Å². The van der Waals surface area contributed by atoms with Gasteiger partial charge >= 0.3 is 6.55 Å². The average Bonchev–Trinajstić information content (AvgIpc) is 3.48. The molecule has 2 aromatic carbocycles. The first kappa shape index (κ1) is 27.4. The van der Waals surface area contributed by atoms with E-state index in [2.05, 4.69) is 30.2 Å². The first-order valence-corrected chi connectivity index (χ1v) is 14.3. The van der Waals surface area contributed by atoms with Crippen molar-refractivity contribution in [2.45, 2.75) is 77.2 Å². The minimum atomic E-state index is -2.68. The number of hydrogen-bond donors (Lipinski definition) is 0. The number of rotatable bonds is 8. The van der Waals surface area contributed by atoms with Crippen molar-refractivity contribution in [2.75, 3.05) is 18.6 Å². The highest BCUT2D eigenvalue weighted by Crippen LogP contribution is 2.39. The lowest BCUT2D eigenvalue weighted by Crippen LogP contribution is -2.41. The van der Waals surface area contributed by atoms with Gasteiger partial charge in [-0.1, -0.05) is 43.5 Å². The van der Waals surface area contributed by atoms with Gasteiger partial charge in [0.05, 0.1) is 13.3 Å². The van der Waals surface area contributed by atoms with Gasteiger partial charge in [-0.05, 0) is 92.2 Å². The number of amides is 1. The molecule has 0 radical (unpaired) electrons. The zero-order valence-electron chi connectivity index (χ0n) is 23.0. The molecule has 5 nitrogen and oxygen atoms in total. The Morgan fingerprint density at radius 3 is 2.46 bits per heavy atom. The number of hydrogen-bond acceptors (Lipinski definition) is 3. The van der Waals surface area contributed by atoms with Gasteiger partial charge in [0.2, 0.25) is 5.91 Å². The highest BCUT2D eigenvalue weighted by molar-refractivity contribution is 5.95. The summed E-state index contributed by atoms with van der Waals surface area (Å²) in [7, 11) is 1.71. The Hall–Kier alpha value is -3.22. The van der Waals surface area contributed by atoms with E-state index in [4.69, 9.17) is 4.74 Å². The molecule has 0 spiro atoms. The lowest BCUT2D eigenvalue weighted by atomic mass is 9.78. The molecule has 39 heavy (non-hydrogen) atoms. The standard InChI is InChI=1S/C32H39F2N3O2/c1-22-17-27(15-16-30(22)39-2)24-13-11-23(12-14-24)20-36(31(38)25-7-4-3-5-8-25)29-10-6-9-26(18-29)28-19-35-37(21-28)32(33)34/h6,9-10,15-19,21,23-25,32H,3-5,7-8,11-14,20H2,1-2H3. The van der Waals surface area contributed by atoms with E-state index in [1.165, 1.54) is 29.9 Å². The summed E-state index contributed by atoms with van der Waals surface area (Å²) in [6.45, 7) is 0.113. The zero-order chi connectivity index (χ0) is 27.4. The molecule has 7 heteroatoms. The van der Waals surface area contributed by atoms with Gasteiger partial charge in [-0.2, -0.15) is 13.9 Å². The Morgan fingerprint density at radius 2 is 1.79 bits per heavy atom. The van der Waals surface area contributed by atoms with Crippen LogP contribution < -0.4 is 9.64 Å². The molecule has 0 bridgehead atoms. The Labute approximate surface area is 230 Å². The van der Waals surface area contributed by atoms with Crippen LogP contribution in [-0.2, 0) is 4.79 Å². The quantitative estimate of drug-likeness (QED) is 0.292. The number of benzene rings is 2. The van der Waals surface area contributed by atoms with Crippen LogP contribution in [0.25, 0.3) is 11.1 Å². The summed E-state index contributed by atoms with van der Waals surface area (Å²) in [5.74, 6) is 2.15. The summed E-state index contributed by atoms with van der Waals surface area (Å²) in [5.41, 5.74) is 4.80. The number of alkyl halides is 2. The zero-order valence-corrected chi connectivity index (χ0v) is 23.0. The monoisotopic (exact) mass is 535 g/mol. The van der Waals surface area contributed by atoms with Gasteiger partial charge in [0, 0.05) is 29.9 Å². The molecule has 5 rings (SSSR count). The lowest BCUT2D eigenvalue weighted by Gasteiger charge is -2.35. The molecule has 0 unspecified atom stereocenters. The molecular weight excluding hydrogens is 496 g/mol. The second-order valence-corrected chi connectivity index (χ2v) is 11.3. The molecule has 0 saturated heterocycles. The number of halogens is 2. The van der Waals surface area contributed by atoms with Crippen molar-refractivity contribution >= 4 is 11.6 Å². The third-order valence-corrected chi connectivity index (χ3v) is 8.69. The van der Waals surface area contributed by atoms with E-state index in [1.54, 1.807) is 7.11 Å². The van der Waals surface area contributed by atoms with Gasteiger partial charge in [0.15, 0.2) is 0 Å². The van der Waals surface area contributed by atoms with Crippen LogP contribution in [0.15, 0.2) is 54.9 Å². The number of carbonyl (C=O) groups excluding carboxylic acids is 1. The first-order chi connectivity index (χ1) is 18.9. The molecule has 2 saturated carbocycles. The molecule has 1 heterocycles. The second-order valence-electron chi connectivity index (χ2n) is 11.3. The molecule has 1 aromatic heterocycles. The van der Waals surface area contributed by atoms with Crippen LogP contribution in [0.1, 0.15) is 81.4 Å². The Bertz CT molecular complexity index is 1260. The maximum atomic E-state index is 13.9. The first-order valence-electron chi connectivity index (χ1n) is 14.3. The van der Waals surface area contributed by atoms with Crippen LogP contribution in [0.5, 0.6) is 5.75 Å². The molecule has 1 amide bonds. The third kappa shape index (κ3) is 6.34. The fraction of sp³-hybridized carbons (Fsp3) is 0.500. The van der Waals surface area contributed by atoms with E-state index in [0.717, 1.165) is 68.4 Å². The van der Waals surface area contributed by atoms with Crippen molar-refractivity contribution in [1.29, 1.82) is 0 Å². The van der Waals surface area contributed by atoms with Crippen LogP contribution >= 0.6 is 0 Å². The number of nitrogens with zero attached hydrogens (tertiary/aromatic N) is 3. The fourth-order valence-electron chi connectivity index (χ4n) is 6.43. The van der Waals surface area contributed by atoms with Gasteiger partial charge in [-0.25, -0.2) is 4.68 Å². The Morgan fingerprint density at radius 1 is 1.03 bits per heavy atom. The molecule has 0 atom stereocenters. The van der Waals surface area contributed by atoms with E-state index in [-0.39, 0.29) is 11.8 Å². The molecule has 0 aliphatic heterocycles. The van der Waals surface area contributed by atoms with Crippen LogP contribution in [0, 0.1) is 18.8 Å². The number of ether oxygens (including phenoxy) is 1. The van der Waals surface area contributed by atoms with Crippen LogP contribution in [-0.4, -0.2) is 29.3 Å². The fourth-order valence-corrected chi connectivity index (χ4v) is 6.43. The molecule has 2 fully saturated rings. The van der Waals surface area contributed by atoms with Crippen molar-refractivity contribution in [3.63, 3.8) is 0 Å². The number of aromatic nitrogens is 2. The minimum Gasteiger partial charge on any atom is -0.496 e. The van der Waals surface area contributed by atoms with Gasteiger partial charge in [0.1, 0.15) is 5.75 Å². The van der Waals surface area contributed by atoms with Crippen LogP contribution in [0.3, 0.4) is 0 Å². The molecule has 2 aliphatic rings. The normalized spacial score (nSPS) is 20.2. The lowest BCUT2D eigenvalue weighted by molar-refractivity contribution is -0.123. The van der Waals surface area contributed by atoms with Crippen molar-refractivity contribution in [3.05, 3.63) is 66.0 Å². The van der Waals surface area contributed by atoms with Crippen LogP contribution in [0.4, 0.5) is 14.5 Å². The summed E-state index contributed by atoms with van der Waals surface area (Å²) in [6, 6.07) is 14.3. The van der Waals surface area contributed by atoms with E-state index >= 15 is 0 Å². The van der Waals surface area contributed by atoms with Gasteiger partial charge in [-0.3, -0.25) is 4.79 Å². The number of methoxy groups -OCH3 is 1. The third-order valence-electron chi connectivity index (χ3n) is 8.69. The predicted octanol–water partition coefficient (Wildman–Crippen LogP) is 8.15. The van der Waals surface area contributed by atoms with Crippen molar-refractivity contribution < 1.29 is 18.3 Å². The Kier molecular flexibility index (Phi) is 8.63. The van der Waals surface area contributed by atoms with Crippen molar-refractivity contribution in [2.24, 2.45) is 11.8 Å². The van der Waals surface area contributed by atoms with Crippen LogP contribution in [0.2, 0.25) is 0 Å². The highest BCUT2D eigenvalue weighted by Gasteiger charge is 2.31. The highest BCUT2D eigenvalue weighted by atomic mass is 19.3. The average molecular weight is 536 g/mol. The summed E-state index contributed by atoms with van der Waals surface area (Å²) in [4.78, 5) is 15.9. The van der Waals surface area contributed by atoms with E-state index in [0.29, 0.717) is 28.6 Å². The summed E-state index contributed by atoms with van der Waals surface area (Å²) >= 11 is 0. The predicted molar refractivity (Wildman–Crippen MR) is 150 cm³/mol. The maximum Gasteiger partial charge on any atom is 0.333 e. The number of anilines is 1. The molecule has 0 N–H and O–H groups in total. The summed E-state index contributed by atoms with van der Waals surface area (Å²) in [5, 5.41) is 3.79. The van der Waals surface area contributed by atoms with E-state index < -0.39 is 6.55 Å². The largest absolute Gasteiger partial charge is 0.496 e. The van der Waals surface area contributed by atoms with Crippen molar-refractivity contribution in [1.82, 2.24) is 9.78 Å². The second kappa shape index (κ2) is 12.3. The Balaban J connectivity index is 1.33. The number of carbonyl (C=O) groups is 1. The van der Waals surface area contributed by atoms with E-state index in [9.17, 15) is 13.6 Å². The number of aryl methyl sites for hydroxylation is 1. The minimum absolute atomic E-state index is 0.0580. The molecule has 2 aliphatic carbocycles. The van der Waals surface area contributed by atoms with Gasteiger partial charge in [-0.15, -0.1) is 0 Å². The topological polar surface area (TPSA) is 47.4 Å². The maximum absolute atomic E-state index is 13.9. The molecule has 3 aromatic rings. The summed E-state index contributed by atoms with van der Waals surface area (Å²) < 4.78 is 32.3. The molecular formula is C32H39F2N3O2. The van der Waals surface area contributed by atoms with Gasteiger partial charge < -0.3 is 9.64 Å². The summed E-state index contributed by atoms with van der Waals surface area (Å²) in [6.07, 6.45) is 12.5. The molecule has 208 valence electrons. The van der Waals surface area contributed by atoms with Gasteiger partial charge in [0.25, 0.3) is 0 Å². The van der Waals surface area contributed by atoms with E-state index in [1.807, 2.05) is 29.2 Å². The smallest absolute Gasteiger partial charge is 0.333 e.